The highest BCUT2D eigenvalue weighted by Gasteiger charge is 2.37. The summed E-state index contributed by atoms with van der Waals surface area (Å²) >= 11 is 0. The van der Waals surface area contributed by atoms with Crippen molar-refractivity contribution in [3.8, 4) is 0 Å². The fraction of sp³-hybridized carbons (Fsp3) is 0.455. The van der Waals surface area contributed by atoms with Gasteiger partial charge in [-0.1, -0.05) is 12.1 Å². The Balaban J connectivity index is 2.37. The van der Waals surface area contributed by atoms with Crippen LogP contribution in [-0.2, 0) is 16.0 Å². The Labute approximate surface area is 103 Å². The molecule has 3 nitrogen and oxygen atoms in total. The van der Waals surface area contributed by atoms with Gasteiger partial charge in [0.15, 0.2) is 9.84 Å². The molecule has 1 atom stereocenters. The maximum Gasteiger partial charge on any atom is 0.417 e. The molecule has 2 rings (SSSR count). The van der Waals surface area contributed by atoms with Gasteiger partial charge in [-0.25, -0.2) is 8.42 Å². The second kappa shape index (κ2) is 4.55. The van der Waals surface area contributed by atoms with Crippen LogP contribution in [0.25, 0.3) is 0 Å². The standard InChI is InChI=1S/C11H12F3NO2S/c12-11(13,14)9-3-1-2-4-10(9)18(16,17)7-8-5-6-15-8/h1-4,8,15H,5-7H2. The molecule has 18 heavy (non-hydrogen) atoms. The average Bonchev–Trinajstić information content (AvgIpc) is 2.23. The number of benzene rings is 1. The third-order valence-electron chi connectivity index (χ3n) is 2.87. The highest BCUT2D eigenvalue weighted by Crippen LogP contribution is 2.34. The van der Waals surface area contributed by atoms with E-state index in [1.54, 1.807) is 0 Å². The normalized spacial score (nSPS) is 20.5. The molecular formula is C11H12F3NO2S. The van der Waals surface area contributed by atoms with Crippen molar-refractivity contribution in [1.29, 1.82) is 0 Å². The molecule has 0 amide bonds. The second-order valence-corrected chi connectivity index (χ2v) is 6.22. The third-order valence-corrected chi connectivity index (χ3v) is 4.74. The van der Waals surface area contributed by atoms with Gasteiger partial charge in [0.25, 0.3) is 0 Å². The van der Waals surface area contributed by atoms with Crippen molar-refractivity contribution in [2.45, 2.75) is 23.5 Å². The Morgan fingerprint density at radius 3 is 2.39 bits per heavy atom. The lowest BCUT2D eigenvalue weighted by Crippen LogP contribution is -2.47. The van der Waals surface area contributed by atoms with Crippen molar-refractivity contribution < 1.29 is 21.6 Å². The fourth-order valence-corrected chi connectivity index (χ4v) is 3.62. The number of halogens is 3. The van der Waals surface area contributed by atoms with E-state index < -0.39 is 26.5 Å². The van der Waals surface area contributed by atoms with Crippen LogP contribution in [-0.4, -0.2) is 26.8 Å². The number of sulfone groups is 1. The minimum atomic E-state index is -4.66. The summed E-state index contributed by atoms with van der Waals surface area (Å²) in [7, 11) is -3.92. The molecule has 7 heteroatoms. The first-order chi connectivity index (χ1) is 8.31. The molecule has 1 aliphatic heterocycles. The predicted octanol–water partition coefficient (Wildman–Crippen LogP) is 1.84. The van der Waals surface area contributed by atoms with Crippen molar-refractivity contribution in [2.75, 3.05) is 12.3 Å². The summed E-state index contributed by atoms with van der Waals surface area (Å²) in [5.41, 5.74) is -1.09. The molecule has 1 heterocycles. The van der Waals surface area contributed by atoms with Crippen LogP contribution in [0.3, 0.4) is 0 Å². The van der Waals surface area contributed by atoms with Gasteiger partial charge in [-0.3, -0.25) is 0 Å². The highest BCUT2D eigenvalue weighted by atomic mass is 32.2. The molecular weight excluding hydrogens is 267 g/mol. The van der Waals surface area contributed by atoms with E-state index in [1.807, 2.05) is 0 Å². The first kappa shape index (κ1) is 13.4. The number of nitrogens with one attached hydrogen (secondary N) is 1. The average molecular weight is 279 g/mol. The zero-order valence-electron chi connectivity index (χ0n) is 9.37. The van der Waals surface area contributed by atoms with Gasteiger partial charge in [0.2, 0.25) is 0 Å². The maximum absolute atomic E-state index is 12.7. The molecule has 1 unspecified atom stereocenters. The quantitative estimate of drug-likeness (QED) is 0.918. The Bertz CT molecular complexity index is 535. The van der Waals surface area contributed by atoms with Gasteiger partial charge in [-0.05, 0) is 25.1 Å². The zero-order valence-corrected chi connectivity index (χ0v) is 10.2. The van der Waals surface area contributed by atoms with E-state index >= 15 is 0 Å². The van der Waals surface area contributed by atoms with E-state index in [0.29, 0.717) is 13.0 Å². The minimum Gasteiger partial charge on any atom is -0.313 e. The first-order valence-corrected chi connectivity index (χ1v) is 7.08. The van der Waals surface area contributed by atoms with Crippen molar-refractivity contribution in [2.24, 2.45) is 0 Å². The van der Waals surface area contributed by atoms with Crippen LogP contribution in [0.5, 0.6) is 0 Å². The van der Waals surface area contributed by atoms with Crippen LogP contribution in [0.2, 0.25) is 0 Å². The second-order valence-electron chi connectivity index (χ2n) is 4.22. The molecule has 1 N–H and O–H groups in total. The van der Waals surface area contributed by atoms with E-state index in [-0.39, 0.29) is 11.8 Å². The molecule has 1 aromatic carbocycles. The lowest BCUT2D eigenvalue weighted by atomic mass is 10.1. The Morgan fingerprint density at radius 1 is 1.28 bits per heavy atom. The largest absolute Gasteiger partial charge is 0.417 e. The summed E-state index contributed by atoms with van der Waals surface area (Å²) in [6, 6.07) is 4.05. The summed E-state index contributed by atoms with van der Waals surface area (Å²) < 4.78 is 62.1. The van der Waals surface area contributed by atoms with Crippen LogP contribution < -0.4 is 5.32 Å². The fourth-order valence-electron chi connectivity index (χ4n) is 1.82. The van der Waals surface area contributed by atoms with Crippen LogP contribution in [0.15, 0.2) is 29.2 Å². The Hall–Kier alpha value is -1.08. The molecule has 0 saturated carbocycles. The third kappa shape index (κ3) is 2.67. The van der Waals surface area contributed by atoms with Crippen molar-refractivity contribution >= 4 is 9.84 Å². The van der Waals surface area contributed by atoms with Crippen molar-refractivity contribution in [3.05, 3.63) is 29.8 Å². The topological polar surface area (TPSA) is 46.2 Å². The zero-order chi connectivity index (χ0) is 13.4. The lowest BCUT2D eigenvalue weighted by Gasteiger charge is -2.27. The van der Waals surface area contributed by atoms with Gasteiger partial charge in [-0.2, -0.15) is 13.2 Å². The molecule has 1 aromatic rings. The summed E-state index contributed by atoms with van der Waals surface area (Å²) in [6.45, 7) is 0.709. The summed E-state index contributed by atoms with van der Waals surface area (Å²) in [6.07, 6.45) is -3.98. The lowest BCUT2D eigenvalue weighted by molar-refractivity contribution is -0.139. The Kier molecular flexibility index (Phi) is 3.37. The molecule has 100 valence electrons. The SMILES string of the molecule is O=S(=O)(CC1CCN1)c1ccccc1C(F)(F)F. The van der Waals surface area contributed by atoms with Crippen LogP contribution in [0, 0.1) is 0 Å². The van der Waals surface area contributed by atoms with E-state index in [1.165, 1.54) is 12.1 Å². The number of alkyl halides is 3. The van der Waals surface area contributed by atoms with Gasteiger partial charge in [-0.15, -0.1) is 0 Å². The highest BCUT2D eigenvalue weighted by molar-refractivity contribution is 7.91. The summed E-state index contributed by atoms with van der Waals surface area (Å²) in [4.78, 5) is -0.633. The number of rotatable bonds is 3. The van der Waals surface area contributed by atoms with Gasteiger partial charge < -0.3 is 5.32 Å². The molecule has 0 spiro atoms. The number of hydrogen-bond donors (Lipinski definition) is 1. The number of hydrogen-bond acceptors (Lipinski definition) is 3. The molecule has 0 aromatic heterocycles. The van der Waals surface area contributed by atoms with Crippen LogP contribution in [0.1, 0.15) is 12.0 Å². The van der Waals surface area contributed by atoms with Gasteiger partial charge in [0.05, 0.1) is 16.2 Å². The van der Waals surface area contributed by atoms with Crippen LogP contribution >= 0.6 is 0 Å². The molecule has 1 saturated heterocycles. The van der Waals surface area contributed by atoms with Gasteiger partial charge in [0, 0.05) is 6.04 Å². The van der Waals surface area contributed by atoms with E-state index in [0.717, 1.165) is 12.1 Å². The first-order valence-electron chi connectivity index (χ1n) is 5.43. The van der Waals surface area contributed by atoms with E-state index in [9.17, 15) is 21.6 Å². The molecule has 1 fully saturated rings. The van der Waals surface area contributed by atoms with Gasteiger partial charge >= 0.3 is 6.18 Å². The monoisotopic (exact) mass is 279 g/mol. The predicted molar refractivity (Wildman–Crippen MR) is 59.9 cm³/mol. The summed E-state index contributed by atoms with van der Waals surface area (Å²) in [5.74, 6) is -0.292. The van der Waals surface area contributed by atoms with Crippen molar-refractivity contribution in [3.63, 3.8) is 0 Å². The van der Waals surface area contributed by atoms with Crippen molar-refractivity contribution in [1.82, 2.24) is 5.32 Å². The minimum absolute atomic E-state index is 0.240. The van der Waals surface area contributed by atoms with Crippen LogP contribution in [0.4, 0.5) is 13.2 Å². The van der Waals surface area contributed by atoms with E-state index in [4.69, 9.17) is 0 Å². The smallest absolute Gasteiger partial charge is 0.313 e. The maximum atomic E-state index is 12.7. The molecule has 0 bridgehead atoms. The van der Waals surface area contributed by atoms with Gasteiger partial charge in [0.1, 0.15) is 0 Å². The van der Waals surface area contributed by atoms with E-state index in [2.05, 4.69) is 5.32 Å². The molecule has 0 radical (unpaired) electrons. The molecule has 1 aliphatic rings. The summed E-state index contributed by atoms with van der Waals surface area (Å²) in [5, 5.41) is 2.87. The molecule has 0 aliphatic carbocycles. The Morgan fingerprint density at radius 2 is 1.89 bits per heavy atom.